The molecule has 0 fully saturated rings. The van der Waals surface area contributed by atoms with Crippen LogP contribution in [0.2, 0.25) is 0 Å². The normalized spacial score (nSPS) is 15.1. The minimum Gasteiger partial charge on any atom is -0.489 e. The second-order valence-electron chi connectivity index (χ2n) is 2.76. The van der Waals surface area contributed by atoms with Crippen LogP contribution in [0.3, 0.4) is 0 Å². The number of halogens is 2. The monoisotopic (exact) mass is 244 g/mol. The maximum atomic E-state index is 13.3. The molecule has 0 saturated carbocycles. The molecule has 1 aliphatic rings. The summed E-state index contributed by atoms with van der Waals surface area (Å²) < 4.78 is 18.7. The van der Waals surface area contributed by atoms with E-state index < -0.39 is 5.82 Å². The summed E-state index contributed by atoms with van der Waals surface area (Å²) in [5.74, 6) is -0.483. The lowest BCUT2D eigenvalue weighted by molar-refractivity contribution is 0.0929. The maximum absolute atomic E-state index is 13.3. The van der Waals surface area contributed by atoms with Crippen molar-refractivity contribution in [2.24, 2.45) is 0 Å². The molecule has 1 aromatic rings. The fraction of sp³-hybridized carbons (Fsp3) is 0.222. The number of carbonyl (C=O) groups is 1. The zero-order chi connectivity index (χ0) is 9.42. The summed E-state index contributed by atoms with van der Waals surface area (Å²) in [4.78, 5) is 11.3. The van der Waals surface area contributed by atoms with Crippen LogP contribution in [0.5, 0.6) is 5.75 Å². The lowest BCUT2D eigenvalue weighted by atomic mass is 10.1. The topological polar surface area (TPSA) is 26.3 Å². The molecule has 0 saturated heterocycles. The van der Waals surface area contributed by atoms with Crippen molar-refractivity contribution in [3.05, 3.63) is 28.0 Å². The van der Waals surface area contributed by atoms with E-state index in [1.165, 1.54) is 6.07 Å². The highest BCUT2D eigenvalue weighted by Gasteiger charge is 2.22. The minimum atomic E-state index is -0.495. The smallest absolute Gasteiger partial charge is 0.179 e. The first kappa shape index (κ1) is 8.69. The second-order valence-corrected chi connectivity index (χ2v) is 3.61. The van der Waals surface area contributed by atoms with Gasteiger partial charge in [0, 0.05) is 6.42 Å². The number of benzene rings is 1. The van der Waals surface area contributed by atoms with Crippen LogP contribution < -0.4 is 4.74 Å². The summed E-state index contributed by atoms with van der Waals surface area (Å²) in [5, 5.41) is 0. The number of ketones is 1. The van der Waals surface area contributed by atoms with Gasteiger partial charge in [0.05, 0.1) is 16.6 Å². The highest BCUT2D eigenvalue weighted by molar-refractivity contribution is 9.10. The summed E-state index contributed by atoms with van der Waals surface area (Å²) in [7, 11) is 0. The number of hydrogen-bond donors (Lipinski definition) is 0. The first-order valence-electron chi connectivity index (χ1n) is 3.84. The highest BCUT2D eigenvalue weighted by atomic mass is 79.9. The molecule has 0 bridgehead atoms. The predicted molar refractivity (Wildman–Crippen MR) is 48.5 cm³/mol. The lowest BCUT2D eigenvalue weighted by Gasteiger charge is -2.16. The van der Waals surface area contributed by atoms with E-state index in [1.807, 2.05) is 0 Å². The molecule has 2 rings (SSSR count). The van der Waals surface area contributed by atoms with Gasteiger partial charge in [-0.3, -0.25) is 4.79 Å². The van der Waals surface area contributed by atoms with Crippen LogP contribution in [0, 0.1) is 5.82 Å². The SMILES string of the molecule is O=C1CCOc2c1ccc(Br)c2F. The summed E-state index contributed by atoms with van der Waals surface area (Å²) >= 11 is 3.03. The Balaban J connectivity index is 2.63. The first-order chi connectivity index (χ1) is 6.20. The minimum absolute atomic E-state index is 0.0624. The van der Waals surface area contributed by atoms with Crippen LogP contribution in [0.15, 0.2) is 16.6 Å². The number of Topliss-reactive ketones (excluding diaryl/α,β-unsaturated/α-hetero) is 1. The molecule has 0 aromatic heterocycles. The van der Waals surface area contributed by atoms with Crippen molar-refractivity contribution >= 4 is 21.7 Å². The Morgan fingerprint density at radius 2 is 2.23 bits per heavy atom. The largest absolute Gasteiger partial charge is 0.489 e. The number of rotatable bonds is 0. The zero-order valence-corrected chi connectivity index (χ0v) is 8.23. The quantitative estimate of drug-likeness (QED) is 0.702. The molecule has 1 heterocycles. The van der Waals surface area contributed by atoms with Gasteiger partial charge in [0.15, 0.2) is 17.3 Å². The molecule has 0 atom stereocenters. The molecule has 0 N–H and O–H groups in total. The van der Waals surface area contributed by atoms with Gasteiger partial charge < -0.3 is 4.74 Å². The molecule has 0 radical (unpaired) electrons. The Kier molecular flexibility index (Phi) is 2.07. The standard InChI is InChI=1S/C9H6BrFO2/c10-6-2-1-5-7(12)3-4-13-9(5)8(6)11/h1-2H,3-4H2. The number of ether oxygens (including phenoxy) is 1. The average Bonchev–Trinajstić information content (AvgIpc) is 2.12. The van der Waals surface area contributed by atoms with Crippen LogP contribution in [-0.4, -0.2) is 12.4 Å². The van der Waals surface area contributed by atoms with Crippen molar-refractivity contribution in [1.82, 2.24) is 0 Å². The molecular weight excluding hydrogens is 239 g/mol. The lowest BCUT2D eigenvalue weighted by Crippen LogP contribution is -2.16. The van der Waals surface area contributed by atoms with Crippen molar-refractivity contribution in [2.45, 2.75) is 6.42 Å². The Morgan fingerprint density at radius 3 is 3.00 bits per heavy atom. The number of hydrogen-bond acceptors (Lipinski definition) is 2. The van der Waals surface area contributed by atoms with E-state index >= 15 is 0 Å². The Bertz CT molecular complexity index is 376. The Morgan fingerprint density at radius 1 is 1.46 bits per heavy atom. The van der Waals surface area contributed by atoms with Crippen LogP contribution in [0.1, 0.15) is 16.8 Å². The highest BCUT2D eigenvalue weighted by Crippen LogP contribution is 2.32. The molecule has 0 amide bonds. The second kappa shape index (κ2) is 3.10. The third-order valence-corrected chi connectivity index (χ3v) is 2.54. The Labute approximate surface area is 82.8 Å². The predicted octanol–water partition coefficient (Wildman–Crippen LogP) is 2.55. The van der Waals surface area contributed by atoms with Gasteiger partial charge >= 0.3 is 0 Å². The number of carbonyl (C=O) groups excluding carboxylic acids is 1. The average molecular weight is 245 g/mol. The Hall–Kier alpha value is -0.900. The van der Waals surface area contributed by atoms with E-state index in [0.29, 0.717) is 16.5 Å². The fourth-order valence-electron chi connectivity index (χ4n) is 1.27. The first-order valence-corrected chi connectivity index (χ1v) is 4.63. The molecule has 0 spiro atoms. The molecular formula is C9H6BrFO2. The zero-order valence-electron chi connectivity index (χ0n) is 6.64. The van der Waals surface area contributed by atoms with E-state index in [1.54, 1.807) is 6.07 Å². The van der Waals surface area contributed by atoms with E-state index in [4.69, 9.17) is 4.74 Å². The third kappa shape index (κ3) is 1.35. The molecule has 68 valence electrons. The molecule has 4 heteroatoms. The molecule has 2 nitrogen and oxygen atoms in total. The van der Waals surface area contributed by atoms with Gasteiger partial charge in [0.1, 0.15) is 0 Å². The number of fused-ring (bicyclic) bond motifs is 1. The van der Waals surface area contributed by atoms with E-state index in [-0.39, 0.29) is 18.1 Å². The molecule has 1 aliphatic heterocycles. The van der Waals surface area contributed by atoms with Crippen LogP contribution in [0.4, 0.5) is 4.39 Å². The van der Waals surface area contributed by atoms with Crippen molar-refractivity contribution in [2.75, 3.05) is 6.61 Å². The van der Waals surface area contributed by atoms with Gasteiger partial charge in [0.2, 0.25) is 0 Å². The van der Waals surface area contributed by atoms with Gasteiger partial charge in [0.25, 0.3) is 0 Å². The van der Waals surface area contributed by atoms with Crippen LogP contribution in [0.25, 0.3) is 0 Å². The van der Waals surface area contributed by atoms with Crippen LogP contribution >= 0.6 is 15.9 Å². The molecule has 0 aliphatic carbocycles. The summed E-state index contributed by atoms with van der Waals surface area (Å²) in [6.07, 6.45) is 0.327. The molecule has 0 unspecified atom stereocenters. The summed E-state index contributed by atoms with van der Waals surface area (Å²) in [6, 6.07) is 3.09. The summed E-state index contributed by atoms with van der Waals surface area (Å²) in [5.41, 5.74) is 0.340. The van der Waals surface area contributed by atoms with Gasteiger partial charge in [-0.05, 0) is 28.1 Å². The van der Waals surface area contributed by atoms with E-state index in [2.05, 4.69) is 15.9 Å². The van der Waals surface area contributed by atoms with Gasteiger partial charge in [-0.2, -0.15) is 0 Å². The van der Waals surface area contributed by atoms with Gasteiger partial charge in [-0.1, -0.05) is 0 Å². The van der Waals surface area contributed by atoms with E-state index in [0.717, 1.165) is 0 Å². The van der Waals surface area contributed by atoms with Crippen molar-refractivity contribution in [3.8, 4) is 5.75 Å². The van der Waals surface area contributed by atoms with Crippen molar-refractivity contribution < 1.29 is 13.9 Å². The van der Waals surface area contributed by atoms with Gasteiger partial charge in [-0.25, -0.2) is 4.39 Å². The molecule has 1 aromatic carbocycles. The van der Waals surface area contributed by atoms with Crippen molar-refractivity contribution in [1.29, 1.82) is 0 Å². The third-order valence-electron chi connectivity index (χ3n) is 1.93. The van der Waals surface area contributed by atoms with Crippen LogP contribution in [-0.2, 0) is 0 Å². The van der Waals surface area contributed by atoms with Crippen molar-refractivity contribution in [3.63, 3.8) is 0 Å². The molecule has 13 heavy (non-hydrogen) atoms. The maximum Gasteiger partial charge on any atom is 0.179 e. The van der Waals surface area contributed by atoms with Gasteiger partial charge in [-0.15, -0.1) is 0 Å². The summed E-state index contributed by atoms with van der Waals surface area (Å²) in [6.45, 7) is 0.263. The fourth-order valence-corrected chi connectivity index (χ4v) is 1.59. The van der Waals surface area contributed by atoms with E-state index in [9.17, 15) is 9.18 Å².